The van der Waals surface area contributed by atoms with Crippen LogP contribution in [0.25, 0.3) is 22.3 Å². The molecule has 38 heavy (non-hydrogen) atoms. The van der Waals surface area contributed by atoms with Crippen molar-refractivity contribution < 1.29 is 23.3 Å². The number of nitro groups is 2. The highest BCUT2D eigenvalue weighted by Gasteiger charge is 2.20. The third-order valence-corrected chi connectivity index (χ3v) is 5.68. The van der Waals surface area contributed by atoms with Gasteiger partial charge in [0.2, 0.25) is 5.82 Å². The summed E-state index contributed by atoms with van der Waals surface area (Å²) in [5.41, 5.74) is 4.12. The number of benzene rings is 2. The van der Waals surface area contributed by atoms with E-state index in [0.29, 0.717) is 46.5 Å². The molecule has 0 aliphatic rings. The molecule has 0 atom stereocenters. The van der Waals surface area contributed by atoms with Gasteiger partial charge in [-0.05, 0) is 56.9 Å². The number of aryl methyl sites for hydroxylation is 4. The van der Waals surface area contributed by atoms with Gasteiger partial charge >= 0.3 is 5.69 Å². The van der Waals surface area contributed by atoms with E-state index in [4.69, 9.17) is 9.05 Å². The Hall–Kier alpha value is -4.61. The van der Waals surface area contributed by atoms with Crippen molar-refractivity contribution in [1.29, 1.82) is 0 Å². The number of hydrogen-bond donors (Lipinski definition) is 1. The molecule has 12 heteroatoms. The van der Waals surface area contributed by atoms with Gasteiger partial charge in [0.1, 0.15) is 17.2 Å². The molecule has 2 aromatic heterocycles. The lowest BCUT2D eigenvalue weighted by Gasteiger charge is -2.10. The third kappa shape index (κ3) is 6.20. The summed E-state index contributed by atoms with van der Waals surface area (Å²) in [6.07, 6.45) is 0. The van der Waals surface area contributed by atoms with Crippen LogP contribution in [0, 0.1) is 59.7 Å². The maximum Gasteiger partial charge on any atom is 0.305 e. The molecule has 4 rings (SSSR count). The molecule has 4 aromatic rings. The van der Waals surface area contributed by atoms with Crippen molar-refractivity contribution in [1.82, 2.24) is 10.3 Å². The van der Waals surface area contributed by atoms with E-state index in [9.17, 15) is 24.6 Å². The molecule has 0 aliphatic heterocycles. The molecule has 2 aromatic carbocycles. The zero-order valence-electron chi connectivity index (χ0n) is 21.9. The number of anilines is 1. The molecule has 0 unspecified atom stereocenters. The predicted octanol–water partition coefficient (Wildman–Crippen LogP) is 6.94. The minimum absolute atomic E-state index is 0.0631. The number of hydrogen-bond acceptors (Lipinski definition) is 9. The molecule has 0 fully saturated rings. The fourth-order valence-electron chi connectivity index (χ4n) is 3.90. The number of nitrogens with one attached hydrogen (secondary N) is 1. The molecule has 0 radical (unpaired) electrons. The van der Waals surface area contributed by atoms with Gasteiger partial charge in [-0.1, -0.05) is 36.3 Å². The molecule has 0 saturated heterocycles. The summed E-state index contributed by atoms with van der Waals surface area (Å²) in [5, 5.41) is 32.7. The van der Waals surface area contributed by atoms with E-state index in [2.05, 4.69) is 29.5 Å². The van der Waals surface area contributed by atoms with Gasteiger partial charge in [0.15, 0.2) is 0 Å². The SMILES string of the molecule is Cc1noc(C)c1-c1ccc(F)c([N+](=O)[O-])c1.Cc1noc(C)c1-c1ccc(NCC(C)C)c([N+](=O)[O-])c1. The number of aromatic nitrogens is 2. The molecule has 200 valence electrons. The summed E-state index contributed by atoms with van der Waals surface area (Å²) in [6, 6.07) is 8.87. The van der Waals surface area contributed by atoms with Gasteiger partial charge in [-0.3, -0.25) is 20.2 Å². The predicted molar refractivity (Wildman–Crippen MR) is 139 cm³/mol. The standard InChI is InChI=1S/C15H19N3O3.C11H9FN2O3/c1-9(2)8-16-13-6-5-12(7-14(13)18(19)20)15-10(3)17-21-11(15)4;1-6-11(7(2)17-13-6)8-3-4-9(12)10(5-8)14(15)16/h5-7,9,16H,8H2,1-4H3;3-5H,1-2H3. The first-order valence-corrected chi connectivity index (χ1v) is 11.7. The van der Waals surface area contributed by atoms with Crippen LogP contribution in [0.15, 0.2) is 45.4 Å². The van der Waals surface area contributed by atoms with Gasteiger partial charge in [0.05, 0.1) is 21.2 Å². The quantitative estimate of drug-likeness (QED) is 0.200. The maximum absolute atomic E-state index is 13.2. The second-order valence-electron chi connectivity index (χ2n) is 9.09. The number of nitro benzene ring substituents is 2. The van der Waals surface area contributed by atoms with Gasteiger partial charge < -0.3 is 14.4 Å². The van der Waals surface area contributed by atoms with Crippen LogP contribution < -0.4 is 5.32 Å². The lowest BCUT2D eigenvalue weighted by atomic mass is 10.0. The van der Waals surface area contributed by atoms with Gasteiger partial charge in [-0.2, -0.15) is 4.39 Å². The van der Waals surface area contributed by atoms with Gasteiger partial charge in [-0.15, -0.1) is 0 Å². The minimum atomic E-state index is -0.856. The van der Waals surface area contributed by atoms with Crippen LogP contribution in [0.5, 0.6) is 0 Å². The van der Waals surface area contributed by atoms with Gasteiger partial charge in [0, 0.05) is 29.8 Å². The van der Waals surface area contributed by atoms with Crippen molar-refractivity contribution in [3.8, 4) is 22.3 Å². The Bertz CT molecular complexity index is 1440. The molecule has 0 amide bonds. The average Bonchev–Trinajstić information content (AvgIpc) is 3.37. The van der Waals surface area contributed by atoms with Crippen molar-refractivity contribution in [2.75, 3.05) is 11.9 Å². The van der Waals surface area contributed by atoms with Crippen LogP contribution in [-0.4, -0.2) is 26.7 Å². The Morgan fingerprint density at radius 3 is 1.74 bits per heavy atom. The highest BCUT2D eigenvalue weighted by Crippen LogP contribution is 2.34. The Morgan fingerprint density at radius 1 is 0.842 bits per heavy atom. The summed E-state index contributed by atoms with van der Waals surface area (Å²) >= 11 is 0. The molecule has 11 nitrogen and oxygen atoms in total. The van der Waals surface area contributed by atoms with Gasteiger partial charge in [-0.25, -0.2) is 0 Å². The van der Waals surface area contributed by atoms with Crippen molar-refractivity contribution in [2.45, 2.75) is 41.5 Å². The van der Waals surface area contributed by atoms with Crippen LogP contribution in [0.1, 0.15) is 36.8 Å². The summed E-state index contributed by atoms with van der Waals surface area (Å²) in [6.45, 7) is 11.8. The van der Waals surface area contributed by atoms with E-state index in [1.165, 1.54) is 12.1 Å². The number of rotatable bonds is 7. The van der Waals surface area contributed by atoms with E-state index < -0.39 is 16.4 Å². The number of nitrogens with zero attached hydrogens (tertiary/aromatic N) is 4. The summed E-state index contributed by atoms with van der Waals surface area (Å²) in [7, 11) is 0. The lowest BCUT2D eigenvalue weighted by Crippen LogP contribution is -2.09. The van der Waals surface area contributed by atoms with E-state index in [-0.39, 0.29) is 10.6 Å². The smallest absolute Gasteiger partial charge is 0.305 e. The largest absolute Gasteiger partial charge is 0.379 e. The Morgan fingerprint density at radius 2 is 1.32 bits per heavy atom. The van der Waals surface area contributed by atoms with Crippen molar-refractivity contribution in [3.05, 3.63) is 85.4 Å². The van der Waals surface area contributed by atoms with Crippen LogP contribution in [-0.2, 0) is 0 Å². The van der Waals surface area contributed by atoms with Crippen LogP contribution >= 0.6 is 0 Å². The second kappa shape index (κ2) is 11.6. The third-order valence-electron chi connectivity index (χ3n) is 5.68. The maximum atomic E-state index is 13.2. The van der Waals surface area contributed by atoms with Gasteiger partial charge in [0.25, 0.3) is 5.69 Å². The number of halogens is 1. The summed E-state index contributed by atoms with van der Waals surface area (Å²) in [5.74, 6) is 0.755. The summed E-state index contributed by atoms with van der Waals surface area (Å²) < 4.78 is 23.3. The zero-order chi connectivity index (χ0) is 28.1. The molecule has 2 heterocycles. The first-order chi connectivity index (χ1) is 17.9. The normalized spacial score (nSPS) is 10.7. The minimum Gasteiger partial charge on any atom is -0.379 e. The van der Waals surface area contributed by atoms with E-state index in [1.807, 2.05) is 13.0 Å². The van der Waals surface area contributed by atoms with E-state index >= 15 is 0 Å². The molecular formula is C26H28FN5O6. The van der Waals surface area contributed by atoms with E-state index in [1.54, 1.807) is 32.9 Å². The first kappa shape index (κ1) is 28.0. The van der Waals surface area contributed by atoms with Crippen LogP contribution in [0.3, 0.4) is 0 Å². The van der Waals surface area contributed by atoms with Crippen molar-refractivity contribution >= 4 is 17.1 Å². The monoisotopic (exact) mass is 525 g/mol. The van der Waals surface area contributed by atoms with E-state index in [0.717, 1.165) is 22.9 Å². The Kier molecular flexibility index (Phi) is 8.56. The molecule has 0 aliphatic carbocycles. The zero-order valence-corrected chi connectivity index (χ0v) is 21.9. The van der Waals surface area contributed by atoms with Crippen molar-refractivity contribution in [2.24, 2.45) is 5.92 Å². The fraction of sp³-hybridized carbons (Fsp3) is 0.308. The second-order valence-corrected chi connectivity index (χ2v) is 9.09. The molecular weight excluding hydrogens is 497 g/mol. The molecule has 0 spiro atoms. The van der Waals surface area contributed by atoms with Crippen molar-refractivity contribution in [3.63, 3.8) is 0 Å². The Balaban J connectivity index is 0.000000215. The molecule has 0 saturated carbocycles. The first-order valence-electron chi connectivity index (χ1n) is 11.7. The fourth-order valence-corrected chi connectivity index (χ4v) is 3.90. The van der Waals surface area contributed by atoms with Crippen LogP contribution in [0.4, 0.5) is 21.5 Å². The molecule has 1 N–H and O–H groups in total. The molecule has 0 bridgehead atoms. The highest BCUT2D eigenvalue weighted by molar-refractivity contribution is 5.75. The lowest BCUT2D eigenvalue weighted by molar-refractivity contribution is -0.387. The topological polar surface area (TPSA) is 150 Å². The highest BCUT2D eigenvalue weighted by atomic mass is 19.1. The van der Waals surface area contributed by atoms with Crippen LogP contribution in [0.2, 0.25) is 0 Å². The Labute approximate surface area is 217 Å². The average molecular weight is 526 g/mol. The summed E-state index contributed by atoms with van der Waals surface area (Å²) in [4.78, 5) is 20.8.